The van der Waals surface area contributed by atoms with Gasteiger partial charge in [0.2, 0.25) is 0 Å². The average Bonchev–Trinajstić information content (AvgIpc) is 3.31. The maximum absolute atomic E-state index is 13.9. The number of esters is 1. The Labute approximate surface area is 258 Å². The highest BCUT2D eigenvalue weighted by Crippen LogP contribution is 2.31. The molecule has 5 rings (SSSR count). The zero-order valence-corrected chi connectivity index (χ0v) is 26.0. The summed E-state index contributed by atoms with van der Waals surface area (Å²) in [5.74, 6) is 0.00183. The second kappa shape index (κ2) is 13.1. The Balaban J connectivity index is 1.46. The molecule has 1 N–H and O–H groups in total. The summed E-state index contributed by atoms with van der Waals surface area (Å²) in [4.78, 5) is 44.6. The number of fused-ring (bicyclic) bond motifs is 1. The van der Waals surface area contributed by atoms with Crippen LogP contribution in [0.2, 0.25) is 0 Å². The molecule has 0 bridgehead atoms. The van der Waals surface area contributed by atoms with Gasteiger partial charge in [-0.15, -0.1) is 0 Å². The molecular formula is C34H33N3O6S. The SMILES string of the molecule is CCOC(=O)C1=C(C)N=c2s/c(=C/c3ccc(OCC(=O)Nc4ccccc4C)c(OC)c3)c(=O)n2[C@@H]1c1ccc(C)cc1. The quantitative estimate of drug-likeness (QED) is 0.281. The van der Waals surface area contributed by atoms with Crippen molar-refractivity contribution in [3.05, 3.63) is 120 Å². The lowest BCUT2D eigenvalue weighted by molar-refractivity contribution is -0.139. The number of aromatic nitrogens is 1. The molecule has 0 aliphatic carbocycles. The van der Waals surface area contributed by atoms with Gasteiger partial charge in [-0.2, -0.15) is 0 Å². The minimum Gasteiger partial charge on any atom is -0.493 e. The predicted octanol–water partition coefficient (Wildman–Crippen LogP) is 4.44. The van der Waals surface area contributed by atoms with Gasteiger partial charge in [0.1, 0.15) is 0 Å². The van der Waals surface area contributed by atoms with Gasteiger partial charge in [0.25, 0.3) is 11.5 Å². The van der Waals surface area contributed by atoms with Crippen LogP contribution in [0.3, 0.4) is 0 Å². The molecule has 2 heterocycles. The maximum atomic E-state index is 13.9. The van der Waals surface area contributed by atoms with Crippen molar-refractivity contribution in [1.82, 2.24) is 4.57 Å². The molecule has 9 nitrogen and oxygen atoms in total. The molecular weight excluding hydrogens is 578 g/mol. The van der Waals surface area contributed by atoms with E-state index in [9.17, 15) is 14.4 Å². The summed E-state index contributed by atoms with van der Waals surface area (Å²) in [5, 5.41) is 2.84. The molecule has 4 aromatic rings. The van der Waals surface area contributed by atoms with Crippen LogP contribution in [0.1, 0.15) is 42.1 Å². The summed E-state index contributed by atoms with van der Waals surface area (Å²) in [6.45, 7) is 7.40. The van der Waals surface area contributed by atoms with Crippen LogP contribution in [0.25, 0.3) is 6.08 Å². The van der Waals surface area contributed by atoms with Crippen molar-refractivity contribution in [2.24, 2.45) is 4.99 Å². The minimum atomic E-state index is -0.677. The molecule has 1 aromatic heterocycles. The summed E-state index contributed by atoms with van der Waals surface area (Å²) in [7, 11) is 1.51. The largest absolute Gasteiger partial charge is 0.493 e. The lowest BCUT2D eigenvalue weighted by atomic mass is 9.95. The van der Waals surface area contributed by atoms with E-state index in [1.165, 1.54) is 18.4 Å². The van der Waals surface area contributed by atoms with E-state index < -0.39 is 12.0 Å². The summed E-state index contributed by atoms with van der Waals surface area (Å²) >= 11 is 1.24. The number of methoxy groups -OCH3 is 1. The van der Waals surface area contributed by atoms with Crippen molar-refractivity contribution in [2.75, 3.05) is 25.6 Å². The van der Waals surface area contributed by atoms with E-state index in [-0.39, 0.29) is 24.7 Å². The maximum Gasteiger partial charge on any atom is 0.338 e. The number of ether oxygens (including phenoxy) is 3. The van der Waals surface area contributed by atoms with Gasteiger partial charge in [0.05, 0.1) is 35.6 Å². The lowest BCUT2D eigenvalue weighted by Crippen LogP contribution is -2.39. The lowest BCUT2D eigenvalue weighted by Gasteiger charge is -2.24. The molecule has 226 valence electrons. The molecule has 0 saturated heterocycles. The van der Waals surface area contributed by atoms with Gasteiger partial charge in [-0.05, 0) is 68.7 Å². The van der Waals surface area contributed by atoms with Crippen LogP contribution in [0.15, 0.2) is 87.8 Å². The Kier molecular flexibility index (Phi) is 9.10. The number of aryl methyl sites for hydroxylation is 2. The van der Waals surface area contributed by atoms with Gasteiger partial charge >= 0.3 is 5.97 Å². The summed E-state index contributed by atoms with van der Waals surface area (Å²) in [5.41, 5.74) is 4.78. The molecule has 1 atom stereocenters. The summed E-state index contributed by atoms with van der Waals surface area (Å²) in [6.07, 6.45) is 1.75. The van der Waals surface area contributed by atoms with Crippen molar-refractivity contribution in [3.63, 3.8) is 0 Å². The summed E-state index contributed by atoms with van der Waals surface area (Å²) < 4.78 is 18.6. The number of thiazole rings is 1. The number of para-hydroxylation sites is 1. The van der Waals surface area contributed by atoms with E-state index in [0.29, 0.717) is 37.7 Å². The number of allylic oxidation sites excluding steroid dienone is 1. The van der Waals surface area contributed by atoms with Crippen LogP contribution in [-0.4, -0.2) is 36.8 Å². The minimum absolute atomic E-state index is 0.205. The number of nitrogens with zero attached hydrogens (tertiary/aromatic N) is 2. The predicted molar refractivity (Wildman–Crippen MR) is 170 cm³/mol. The fourth-order valence-corrected chi connectivity index (χ4v) is 5.99. The number of benzene rings is 3. The van der Waals surface area contributed by atoms with Gasteiger partial charge in [0.15, 0.2) is 22.9 Å². The van der Waals surface area contributed by atoms with Crippen molar-refractivity contribution in [2.45, 2.75) is 33.7 Å². The van der Waals surface area contributed by atoms with Crippen LogP contribution in [0, 0.1) is 13.8 Å². The molecule has 44 heavy (non-hydrogen) atoms. The molecule has 0 radical (unpaired) electrons. The first-order valence-corrected chi connectivity index (χ1v) is 14.9. The van der Waals surface area contributed by atoms with Gasteiger partial charge < -0.3 is 19.5 Å². The number of anilines is 1. The van der Waals surface area contributed by atoms with E-state index in [1.54, 1.807) is 42.7 Å². The third-order valence-corrected chi connectivity index (χ3v) is 8.16. The molecule has 3 aromatic carbocycles. The average molecular weight is 612 g/mol. The first-order valence-electron chi connectivity index (χ1n) is 14.1. The van der Waals surface area contributed by atoms with Crippen LogP contribution >= 0.6 is 11.3 Å². The first-order chi connectivity index (χ1) is 21.2. The summed E-state index contributed by atoms with van der Waals surface area (Å²) in [6, 6.07) is 19.8. The smallest absolute Gasteiger partial charge is 0.338 e. The Morgan fingerprint density at radius 3 is 2.48 bits per heavy atom. The molecule has 0 fully saturated rings. The number of hydrogen-bond donors (Lipinski definition) is 1. The first kappa shape index (κ1) is 30.5. The van der Waals surface area contributed by atoms with Gasteiger partial charge in [-0.25, -0.2) is 9.79 Å². The topological polar surface area (TPSA) is 108 Å². The third kappa shape index (κ3) is 6.35. The van der Waals surface area contributed by atoms with E-state index >= 15 is 0 Å². The second-order valence-electron chi connectivity index (χ2n) is 10.3. The molecule has 0 saturated carbocycles. The third-order valence-electron chi connectivity index (χ3n) is 7.17. The molecule has 1 amide bonds. The fourth-order valence-electron chi connectivity index (χ4n) is 4.94. The van der Waals surface area contributed by atoms with Crippen molar-refractivity contribution < 1.29 is 23.8 Å². The molecule has 1 aliphatic rings. The second-order valence-corrected chi connectivity index (χ2v) is 11.3. The van der Waals surface area contributed by atoms with Crippen molar-refractivity contribution >= 4 is 35.0 Å². The number of carbonyl (C=O) groups is 2. The molecule has 10 heteroatoms. The van der Waals surface area contributed by atoms with Crippen LogP contribution in [0.5, 0.6) is 11.5 Å². The van der Waals surface area contributed by atoms with Crippen molar-refractivity contribution in [1.29, 1.82) is 0 Å². The number of nitrogens with one attached hydrogen (secondary N) is 1. The van der Waals surface area contributed by atoms with E-state index in [2.05, 4.69) is 10.3 Å². The van der Waals surface area contributed by atoms with Crippen LogP contribution in [0.4, 0.5) is 5.69 Å². The fraction of sp³-hybridized carbons (Fsp3) is 0.235. The Morgan fingerprint density at radius 2 is 1.77 bits per heavy atom. The van der Waals surface area contributed by atoms with Gasteiger partial charge in [0, 0.05) is 5.69 Å². The number of rotatable bonds is 9. The Morgan fingerprint density at radius 1 is 1.02 bits per heavy atom. The highest BCUT2D eigenvalue weighted by atomic mass is 32.1. The van der Waals surface area contributed by atoms with E-state index in [4.69, 9.17) is 14.2 Å². The van der Waals surface area contributed by atoms with Gasteiger partial charge in [-0.1, -0.05) is 65.4 Å². The van der Waals surface area contributed by atoms with Gasteiger partial charge in [-0.3, -0.25) is 14.2 Å². The number of hydrogen-bond acceptors (Lipinski definition) is 8. The zero-order valence-electron chi connectivity index (χ0n) is 25.2. The molecule has 1 aliphatic heterocycles. The Hall–Kier alpha value is -4.96. The highest BCUT2D eigenvalue weighted by Gasteiger charge is 2.33. The highest BCUT2D eigenvalue weighted by molar-refractivity contribution is 7.07. The molecule has 0 unspecified atom stereocenters. The van der Waals surface area contributed by atoms with E-state index in [1.807, 2.05) is 62.4 Å². The number of amides is 1. The van der Waals surface area contributed by atoms with Crippen LogP contribution < -0.4 is 29.7 Å². The monoisotopic (exact) mass is 611 g/mol. The zero-order chi connectivity index (χ0) is 31.4. The normalized spacial score (nSPS) is 14.5. The Bertz CT molecular complexity index is 1940. The van der Waals surface area contributed by atoms with Crippen LogP contribution in [-0.2, 0) is 14.3 Å². The van der Waals surface area contributed by atoms with Crippen molar-refractivity contribution in [3.8, 4) is 11.5 Å². The van der Waals surface area contributed by atoms with E-state index in [0.717, 1.165) is 22.4 Å². The number of carbonyl (C=O) groups excluding carboxylic acids is 2. The molecule has 0 spiro atoms. The standard InChI is InChI=1S/C34H33N3O6S/c1-6-42-33(40)30-22(4)35-34-37(31(30)24-14-11-20(2)12-15-24)32(39)28(44-34)18-23-13-16-26(27(17-23)41-5)43-19-29(38)36-25-10-8-7-9-21(25)3/h7-18,31H,6,19H2,1-5H3,(H,36,38)/b28-18+/t31-/m1/s1.